The average Bonchev–Trinajstić information content (AvgIpc) is 2.36. The molecule has 0 saturated carbocycles. The molecule has 1 aromatic rings. The van der Waals surface area contributed by atoms with Crippen LogP contribution in [0.15, 0.2) is 6.07 Å². The van der Waals surface area contributed by atoms with Gasteiger partial charge in [-0.15, -0.1) is 10.2 Å². The second-order valence-electron chi connectivity index (χ2n) is 3.77. The quantitative estimate of drug-likeness (QED) is 0.754. The van der Waals surface area contributed by atoms with Crippen molar-refractivity contribution < 1.29 is 9.90 Å². The van der Waals surface area contributed by atoms with Gasteiger partial charge in [0, 0.05) is 13.2 Å². The van der Waals surface area contributed by atoms with Gasteiger partial charge in [-0.3, -0.25) is 4.79 Å². The summed E-state index contributed by atoms with van der Waals surface area (Å²) in [7, 11) is 0. The van der Waals surface area contributed by atoms with E-state index in [0.29, 0.717) is 6.54 Å². The largest absolute Gasteiger partial charge is 0.396 e. The number of rotatable bonds is 7. The van der Waals surface area contributed by atoms with Crippen LogP contribution in [0, 0.1) is 0 Å². The molecule has 100 valence electrons. The highest BCUT2D eigenvalue weighted by molar-refractivity contribution is 6.34. The van der Waals surface area contributed by atoms with Crippen LogP contribution in [0.1, 0.15) is 36.0 Å². The van der Waals surface area contributed by atoms with Gasteiger partial charge in [-0.05, 0) is 18.9 Å². The molecule has 0 fully saturated rings. The second-order valence-corrected chi connectivity index (χ2v) is 4.51. The van der Waals surface area contributed by atoms with Crippen molar-refractivity contribution >= 4 is 29.1 Å². The Labute approximate surface area is 116 Å². The zero-order valence-electron chi connectivity index (χ0n) is 9.83. The summed E-state index contributed by atoms with van der Waals surface area (Å²) in [6.07, 6.45) is 3.57. The fourth-order valence-electron chi connectivity index (χ4n) is 1.40. The lowest BCUT2D eigenvalue weighted by Crippen LogP contribution is -2.25. The molecule has 1 rings (SSSR count). The van der Waals surface area contributed by atoms with Gasteiger partial charge in [0.1, 0.15) is 0 Å². The van der Waals surface area contributed by atoms with Crippen molar-refractivity contribution in [3.63, 3.8) is 0 Å². The van der Waals surface area contributed by atoms with E-state index >= 15 is 0 Å². The third-order valence-corrected chi connectivity index (χ3v) is 2.80. The van der Waals surface area contributed by atoms with Gasteiger partial charge < -0.3 is 10.4 Å². The van der Waals surface area contributed by atoms with Gasteiger partial charge in [-0.25, -0.2) is 0 Å². The van der Waals surface area contributed by atoms with Gasteiger partial charge in [-0.1, -0.05) is 36.0 Å². The van der Waals surface area contributed by atoms with Crippen molar-refractivity contribution in [1.29, 1.82) is 0 Å². The number of amides is 1. The summed E-state index contributed by atoms with van der Waals surface area (Å²) in [5.41, 5.74) is 0.229. The minimum Gasteiger partial charge on any atom is -0.396 e. The van der Waals surface area contributed by atoms with Crippen molar-refractivity contribution in [3.05, 3.63) is 21.9 Å². The number of hydrogen-bond donors (Lipinski definition) is 2. The van der Waals surface area contributed by atoms with E-state index in [4.69, 9.17) is 28.3 Å². The molecule has 7 heteroatoms. The monoisotopic (exact) mass is 291 g/mol. The zero-order chi connectivity index (χ0) is 13.4. The molecule has 0 saturated heterocycles. The van der Waals surface area contributed by atoms with Crippen LogP contribution in [0.5, 0.6) is 0 Å². The fraction of sp³-hybridized carbons (Fsp3) is 0.545. The van der Waals surface area contributed by atoms with Crippen LogP contribution in [0.2, 0.25) is 10.3 Å². The van der Waals surface area contributed by atoms with Gasteiger partial charge in [-0.2, -0.15) is 0 Å². The predicted molar refractivity (Wildman–Crippen MR) is 69.9 cm³/mol. The van der Waals surface area contributed by atoms with Crippen molar-refractivity contribution in [2.24, 2.45) is 0 Å². The molecule has 0 spiro atoms. The van der Waals surface area contributed by atoms with Crippen LogP contribution in [-0.4, -0.2) is 34.4 Å². The third-order valence-electron chi connectivity index (χ3n) is 2.33. The number of hydrogen-bond acceptors (Lipinski definition) is 4. The van der Waals surface area contributed by atoms with Gasteiger partial charge in [0.25, 0.3) is 5.91 Å². The molecular weight excluding hydrogens is 277 g/mol. The Bertz CT molecular complexity index is 402. The second kappa shape index (κ2) is 8.24. The minimum atomic E-state index is -0.307. The smallest absolute Gasteiger partial charge is 0.254 e. The molecular formula is C11H15Cl2N3O2. The van der Waals surface area contributed by atoms with Gasteiger partial charge >= 0.3 is 0 Å². The van der Waals surface area contributed by atoms with Crippen LogP contribution in [0.25, 0.3) is 0 Å². The first-order chi connectivity index (χ1) is 8.65. The molecule has 0 bridgehead atoms. The lowest BCUT2D eigenvalue weighted by atomic mass is 10.2. The maximum absolute atomic E-state index is 11.7. The van der Waals surface area contributed by atoms with E-state index in [1.54, 1.807) is 0 Å². The van der Waals surface area contributed by atoms with E-state index < -0.39 is 0 Å². The highest BCUT2D eigenvalue weighted by Gasteiger charge is 2.12. The number of halogens is 2. The lowest BCUT2D eigenvalue weighted by molar-refractivity contribution is 0.0952. The SMILES string of the molecule is O=C(NCCCCCCO)c1cc(Cl)nnc1Cl. The lowest BCUT2D eigenvalue weighted by Gasteiger charge is -2.06. The molecule has 1 aromatic heterocycles. The Morgan fingerprint density at radius 2 is 1.94 bits per heavy atom. The van der Waals surface area contributed by atoms with Crippen molar-refractivity contribution in [2.75, 3.05) is 13.2 Å². The number of nitrogens with zero attached hydrogens (tertiary/aromatic N) is 2. The van der Waals surface area contributed by atoms with Gasteiger partial charge in [0.2, 0.25) is 0 Å². The molecule has 1 heterocycles. The summed E-state index contributed by atoms with van der Waals surface area (Å²) >= 11 is 11.4. The molecule has 5 nitrogen and oxygen atoms in total. The first-order valence-electron chi connectivity index (χ1n) is 5.73. The number of carbonyl (C=O) groups is 1. The Morgan fingerprint density at radius 1 is 1.22 bits per heavy atom. The van der Waals surface area contributed by atoms with Crippen LogP contribution in [0.3, 0.4) is 0 Å². The molecule has 0 aliphatic rings. The van der Waals surface area contributed by atoms with Crippen molar-refractivity contribution in [3.8, 4) is 0 Å². The first-order valence-corrected chi connectivity index (χ1v) is 6.48. The average molecular weight is 292 g/mol. The predicted octanol–water partition coefficient (Wildman–Crippen LogP) is 2.07. The molecule has 0 aromatic carbocycles. The Hall–Kier alpha value is -0.910. The van der Waals surface area contributed by atoms with Gasteiger partial charge in [0.05, 0.1) is 5.56 Å². The van der Waals surface area contributed by atoms with E-state index in [0.717, 1.165) is 25.7 Å². The first kappa shape index (κ1) is 15.1. The van der Waals surface area contributed by atoms with Crippen LogP contribution >= 0.6 is 23.2 Å². The number of aliphatic hydroxyl groups excluding tert-OH is 1. The summed E-state index contributed by atoms with van der Waals surface area (Å²) in [6.45, 7) is 0.768. The number of aromatic nitrogens is 2. The molecule has 0 aliphatic carbocycles. The molecule has 0 aliphatic heterocycles. The van der Waals surface area contributed by atoms with E-state index in [1.807, 2.05) is 0 Å². The number of nitrogens with one attached hydrogen (secondary N) is 1. The Kier molecular flexibility index (Phi) is 6.93. The van der Waals surface area contributed by atoms with Gasteiger partial charge in [0.15, 0.2) is 10.3 Å². The highest BCUT2D eigenvalue weighted by atomic mass is 35.5. The van der Waals surface area contributed by atoms with E-state index in [9.17, 15) is 4.79 Å². The van der Waals surface area contributed by atoms with Crippen LogP contribution in [0.4, 0.5) is 0 Å². The topological polar surface area (TPSA) is 75.1 Å². The summed E-state index contributed by atoms with van der Waals surface area (Å²) < 4.78 is 0. The minimum absolute atomic E-state index is 0.0391. The summed E-state index contributed by atoms with van der Waals surface area (Å²) in [5.74, 6) is -0.307. The summed E-state index contributed by atoms with van der Waals surface area (Å²) in [4.78, 5) is 11.7. The molecule has 1 amide bonds. The van der Waals surface area contributed by atoms with Crippen molar-refractivity contribution in [2.45, 2.75) is 25.7 Å². The fourth-order valence-corrected chi connectivity index (χ4v) is 1.72. The number of carbonyl (C=O) groups excluding carboxylic acids is 1. The number of aliphatic hydroxyl groups is 1. The zero-order valence-corrected chi connectivity index (χ0v) is 11.3. The normalized spacial score (nSPS) is 10.4. The Morgan fingerprint density at radius 3 is 2.67 bits per heavy atom. The molecule has 18 heavy (non-hydrogen) atoms. The maximum atomic E-state index is 11.7. The summed E-state index contributed by atoms with van der Waals surface area (Å²) in [6, 6.07) is 1.39. The van der Waals surface area contributed by atoms with E-state index in [-0.39, 0.29) is 28.4 Å². The highest BCUT2D eigenvalue weighted by Crippen LogP contribution is 2.15. The third kappa shape index (κ3) is 5.16. The molecule has 0 radical (unpaired) electrons. The Balaban J connectivity index is 2.34. The maximum Gasteiger partial charge on any atom is 0.254 e. The van der Waals surface area contributed by atoms with E-state index in [2.05, 4.69) is 15.5 Å². The number of unbranched alkanes of at least 4 members (excludes halogenated alkanes) is 3. The standard InChI is InChI=1S/C11H15Cl2N3O2/c12-9-7-8(10(13)16-15-9)11(18)14-5-3-1-2-4-6-17/h7,17H,1-6H2,(H,14,18). The van der Waals surface area contributed by atoms with Crippen LogP contribution in [-0.2, 0) is 0 Å². The molecule has 2 N–H and O–H groups in total. The van der Waals surface area contributed by atoms with E-state index in [1.165, 1.54) is 6.07 Å². The summed E-state index contributed by atoms with van der Waals surface area (Å²) in [5, 5.41) is 18.6. The van der Waals surface area contributed by atoms with Crippen LogP contribution < -0.4 is 5.32 Å². The van der Waals surface area contributed by atoms with Crippen molar-refractivity contribution in [1.82, 2.24) is 15.5 Å². The molecule has 0 atom stereocenters. The molecule has 0 unspecified atom stereocenters.